The number of piperazine rings is 2. The highest BCUT2D eigenvalue weighted by atomic mass is 127. The largest absolute Gasteiger partial charge is 0.507 e. The van der Waals surface area contributed by atoms with E-state index < -0.39 is 0 Å². The number of aryl methyl sites for hydroxylation is 2. The number of ether oxygens (including phenoxy) is 2. The van der Waals surface area contributed by atoms with Crippen LogP contribution in [0.3, 0.4) is 0 Å². The van der Waals surface area contributed by atoms with E-state index in [9.17, 15) is 24.6 Å². The number of phenolic OH excluding ortho intramolecular Hbond substituents is 2. The number of anilines is 2. The highest BCUT2D eigenvalue weighted by molar-refractivity contribution is 14.1. The van der Waals surface area contributed by atoms with Crippen LogP contribution in [0.1, 0.15) is 74.5 Å². The van der Waals surface area contributed by atoms with Crippen molar-refractivity contribution in [2.24, 2.45) is 0 Å². The second kappa shape index (κ2) is 33.4. The first-order valence-electron chi connectivity index (χ1n) is 32.1. The minimum Gasteiger partial charge on any atom is -0.507 e. The zero-order chi connectivity index (χ0) is 69.6. The summed E-state index contributed by atoms with van der Waals surface area (Å²) in [4.78, 5) is 47.2. The molecule has 0 aliphatic carbocycles. The minimum atomic E-state index is -0.383. The van der Waals surface area contributed by atoms with Crippen molar-refractivity contribution >= 4 is 86.5 Å². The van der Waals surface area contributed by atoms with Crippen LogP contribution in [0.2, 0.25) is 15.1 Å². The third kappa shape index (κ3) is 17.2. The van der Waals surface area contributed by atoms with Crippen LogP contribution in [0.4, 0.5) is 11.4 Å². The molecule has 0 radical (unpaired) electrons. The van der Waals surface area contributed by atoms with Gasteiger partial charge in [0.2, 0.25) is 0 Å². The summed E-state index contributed by atoms with van der Waals surface area (Å²) in [5.74, 6) is 0.885. The maximum absolute atomic E-state index is 13.1. The third-order valence-electron chi connectivity index (χ3n) is 16.5. The summed E-state index contributed by atoms with van der Waals surface area (Å²) >= 11 is 21.1. The van der Waals surface area contributed by atoms with Crippen molar-refractivity contribution in [1.29, 1.82) is 0 Å². The molecule has 7 aromatic carbocycles. The van der Waals surface area contributed by atoms with Crippen molar-refractivity contribution in [3.05, 3.63) is 204 Å². The van der Waals surface area contributed by atoms with Gasteiger partial charge in [0.25, 0.3) is 17.7 Å². The number of nitrogens with zero attached hydrogens (tertiary/aromatic N) is 7. The Labute approximate surface area is 597 Å². The van der Waals surface area contributed by atoms with Gasteiger partial charge < -0.3 is 68.8 Å². The van der Waals surface area contributed by atoms with E-state index in [0.717, 1.165) is 103 Å². The van der Waals surface area contributed by atoms with Crippen LogP contribution in [0.25, 0.3) is 56.2 Å². The SMILES string of the molecule is CCNC(=O)c1noc(-c2cc(Cl)c(C)cc2OCc2ccccc2)c1-c1cccc(N2CCN(C)CC2)c1.CCNC(=O)c1noc(-c2cc(Cl)c(C)cc2OCc2ccccc2)c1I.CCNC(=O)c1noc(-c2cc(Cl)c(O)cc2O)c1-c1cccc(N2CCN(C)CC2)c1. The van der Waals surface area contributed by atoms with Crippen LogP contribution in [-0.2, 0) is 13.2 Å². The summed E-state index contributed by atoms with van der Waals surface area (Å²) in [6.07, 6.45) is 0. The van der Waals surface area contributed by atoms with Gasteiger partial charge in [0.05, 0.1) is 36.4 Å². The summed E-state index contributed by atoms with van der Waals surface area (Å²) < 4.78 is 29.9. The fourth-order valence-corrected chi connectivity index (χ4v) is 12.3. The van der Waals surface area contributed by atoms with Gasteiger partial charge in [-0.05, 0) is 159 Å². The zero-order valence-electron chi connectivity index (χ0n) is 55.4. The van der Waals surface area contributed by atoms with Gasteiger partial charge in [0, 0.05) is 99.5 Å². The van der Waals surface area contributed by atoms with Crippen molar-refractivity contribution in [3.63, 3.8) is 0 Å². The monoisotopic (exact) mass is 1500 g/mol. The molecule has 2 saturated heterocycles. The van der Waals surface area contributed by atoms with Crippen LogP contribution < -0.4 is 35.2 Å². The molecule has 3 amide bonds. The minimum absolute atomic E-state index is 0.0471. The normalized spacial score (nSPS) is 13.2. The van der Waals surface area contributed by atoms with Gasteiger partial charge in [-0.3, -0.25) is 14.4 Å². The molecule has 2 aliphatic rings. The van der Waals surface area contributed by atoms with E-state index in [1.165, 1.54) is 6.07 Å². The van der Waals surface area contributed by atoms with E-state index in [1.807, 2.05) is 150 Å². The van der Waals surface area contributed by atoms with Crippen LogP contribution in [0.15, 0.2) is 159 Å². The third-order valence-corrected chi connectivity index (χ3v) is 18.6. The molecule has 2 aliphatic heterocycles. The highest BCUT2D eigenvalue weighted by Crippen LogP contribution is 2.46. The Balaban J connectivity index is 0.000000162. The summed E-state index contributed by atoms with van der Waals surface area (Å²) in [6, 6.07) is 45.7. The second-order valence-electron chi connectivity index (χ2n) is 23.5. The lowest BCUT2D eigenvalue weighted by atomic mass is 9.97. The fourth-order valence-electron chi connectivity index (χ4n) is 11.1. The molecule has 0 saturated carbocycles. The summed E-state index contributed by atoms with van der Waals surface area (Å²) in [5.41, 5.74) is 10.7. The van der Waals surface area contributed by atoms with Crippen molar-refractivity contribution in [3.8, 4) is 79.2 Å². The number of aromatic nitrogens is 3. The van der Waals surface area contributed by atoms with Crippen molar-refractivity contribution in [2.45, 2.75) is 47.8 Å². The summed E-state index contributed by atoms with van der Waals surface area (Å²) in [7, 11) is 4.24. The maximum Gasteiger partial charge on any atom is 0.274 e. The molecule has 20 nitrogen and oxygen atoms in total. The number of hydrogen-bond acceptors (Lipinski definition) is 17. The Hall–Kier alpha value is -9.10. The van der Waals surface area contributed by atoms with Crippen molar-refractivity contribution < 1.29 is 47.6 Å². The molecule has 510 valence electrons. The molecular formula is C74H76Cl3IN10O10. The predicted molar refractivity (Wildman–Crippen MR) is 392 cm³/mol. The van der Waals surface area contributed by atoms with Gasteiger partial charge in [-0.2, -0.15) is 0 Å². The summed E-state index contributed by atoms with van der Waals surface area (Å²) in [5, 5.41) is 42.0. The fraction of sp³-hybridized carbons (Fsp3) is 0.270. The van der Waals surface area contributed by atoms with Crippen molar-refractivity contribution in [1.82, 2.24) is 41.2 Å². The molecule has 0 atom stereocenters. The number of halogens is 4. The number of nitrogens with one attached hydrogen (secondary N) is 3. The van der Waals surface area contributed by atoms with E-state index in [-0.39, 0.29) is 62.6 Å². The predicted octanol–water partition coefficient (Wildman–Crippen LogP) is 14.9. The first-order chi connectivity index (χ1) is 47.3. The van der Waals surface area contributed by atoms with Gasteiger partial charge in [-0.15, -0.1) is 0 Å². The molecule has 0 unspecified atom stereocenters. The standard InChI is InChI=1S/C31H33ClN4O3.C23H25ClN4O4.C20H18ClIN2O3/c1-4-33-31(37)29-28(23-11-8-12-24(18-23)36-15-13-35(3)14-16-36)30(39-34-29)25-19-26(32)21(2)17-27(25)38-20-22-9-6-5-7-10-22;1-3-25-23(31)21-20(22(32-26-21)16-12-17(24)19(30)13-18(16)29)14-5-4-6-15(11-14)28-9-7-27(2)8-10-28;1-3-23-20(25)18-17(22)19(27-24-18)14-10-15(21)12(2)9-16(14)26-11-13-7-5-4-6-8-13/h5-12,17-19H,4,13-16,20H2,1-3H3,(H,33,37);4-6,11-13,29-30H,3,7-10H2,1-2H3,(H,25,31);4-10H,3,11H2,1-2H3,(H,23,25). The van der Waals surface area contributed by atoms with E-state index in [2.05, 4.69) is 99.8 Å². The number of hydrogen-bond donors (Lipinski definition) is 5. The van der Waals surface area contributed by atoms with Gasteiger partial charge in [-0.25, -0.2) is 0 Å². The zero-order valence-corrected chi connectivity index (χ0v) is 59.8. The highest BCUT2D eigenvalue weighted by Gasteiger charge is 2.31. The molecule has 5 heterocycles. The van der Waals surface area contributed by atoms with Gasteiger partial charge in [0.15, 0.2) is 34.4 Å². The van der Waals surface area contributed by atoms with E-state index in [0.29, 0.717) is 91.7 Å². The lowest BCUT2D eigenvalue weighted by molar-refractivity contribution is 0.0938. The number of carbonyl (C=O) groups excluding carboxylic acids is 3. The van der Waals surface area contributed by atoms with E-state index >= 15 is 0 Å². The molecular weight excluding hydrogens is 1420 g/mol. The average Bonchev–Trinajstić information content (AvgIpc) is 1.57. The Morgan fingerprint density at radius 1 is 0.480 bits per heavy atom. The Morgan fingerprint density at radius 2 is 0.867 bits per heavy atom. The molecule has 0 spiro atoms. The molecule has 0 bridgehead atoms. The quantitative estimate of drug-likeness (QED) is 0.0473. The first kappa shape index (κ1) is 71.7. The molecule has 3 aromatic heterocycles. The number of carbonyl (C=O) groups is 3. The molecule has 12 rings (SSSR count). The first-order valence-corrected chi connectivity index (χ1v) is 34.3. The Kier molecular flexibility index (Phi) is 24.5. The summed E-state index contributed by atoms with van der Waals surface area (Å²) in [6.45, 7) is 19.2. The van der Waals surface area contributed by atoms with Crippen LogP contribution in [-0.4, -0.2) is 139 Å². The Bertz CT molecular complexity index is 4420. The Morgan fingerprint density at radius 3 is 1.31 bits per heavy atom. The topological polar surface area (TPSA) is 237 Å². The second-order valence-corrected chi connectivity index (χ2v) is 25.8. The van der Waals surface area contributed by atoms with Crippen LogP contribution in [0, 0.1) is 17.4 Å². The molecule has 24 heteroatoms. The number of rotatable bonds is 19. The smallest absolute Gasteiger partial charge is 0.274 e. The number of benzene rings is 7. The molecule has 5 N–H and O–H groups in total. The number of phenols is 2. The number of amides is 3. The van der Waals surface area contributed by atoms with Gasteiger partial charge >= 0.3 is 0 Å². The molecule has 98 heavy (non-hydrogen) atoms. The lowest BCUT2D eigenvalue weighted by Crippen LogP contribution is -2.44. The van der Waals surface area contributed by atoms with Crippen molar-refractivity contribution in [2.75, 3.05) is 95.9 Å². The van der Waals surface area contributed by atoms with E-state index in [4.69, 9.17) is 57.8 Å². The van der Waals surface area contributed by atoms with E-state index in [1.54, 1.807) is 6.07 Å². The molecule has 10 aromatic rings. The van der Waals surface area contributed by atoms with Gasteiger partial charge in [0.1, 0.15) is 36.2 Å². The maximum atomic E-state index is 13.1. The molecule has 2 fully saturated rings. The average molecular weight is 1500 g/mol. The number of aromatic hydroxyl groups is 2. The van der Waals surface area contributed by atoms with Crippen LogP contribution >= 0.6 is 57.4 Å². The lowest BCUT2D eigenvalue weighted by Gasteiger charge is -2.34. The number of likely N-dealkylation sites (N-methyl/N-ethyl adjacent to an activating group) is 2. The van der Waals surface area contributed by atoms with Crippen LogP contribution in [0.5, 0.6) is 23.0 Å². The van der Waals surface area contributed by atoms with Gasteiger partial charge in [-0.1, -0.05) is 135 Å².